The fourth-order valence-electron chi connectivity index (χ4n) is 3.83. The summed E-state index contributed by atoms with van der Waals surface area (Å²) in [7, 11) is 3.14. The number of fused-ring (bicyclic) bond motifs is 3. The van der Waals surface area contributed by atoms with Crippen molar-refractivity contribution in [3.05, 3.63) is 47.5 Å². The molecule has 0 spiro atoms. The molecule has 1 N–H and O–H groups in total. The lowest BCUT2D eigenvalue weighted by atomic mass is 10.1. The lowest BCUT2D eigenvalue weighted by Crippen LogP contribution is -2.32. The van der Waals surface area contributed by atoms with Gasteiger partial charge < -0.3 is 14.8 Å². The van der Waals surface area contributed by atoms with Crippen molar-refractivity contribution < 1.29 is 19.1 Å². The third-order valence-electron chi connectivity index (χ3n) is 5.23. The molecule has 8 nitrogen and oxygen atoms in total. The molecule has 0 saturated heterocycles. The summed E-state index contributed by atoms with van der Waals surface area (Å²) in [6.45, 7) is 1.000. The predicted molar refractivity (Wildman–Crippen MR) is 119 cm³/mol. The van der Waals surface area contributed by atoms with E-state index in [4.69, 9.17) is 21.1 Å². The molecule has 2 heterocycles. The number of imidazole rings is 1. The summed E-state index contributed by atoms with van der Waals surface area (Å²) >= 11 is 6.06. The molecule has 1 aromatic heterocycles. The molecule has 9 heteroatoms. The van der Waals surface area contributed by atoms with Crippen LogP contribution in [0.1, 0.15) is 18.9 Å². The second kappa shape index (κ2) is 8.95. The maximum absolute atomic E-state index is 13.2. The molecule has 162 valence electrons. The van der Waals surface area contributed by atoms with Crippen LogP contribution in [0.2, 0.25) is 5.02 Å². The standard InChI is InChI=1S/C22H23ClN4O4/c1-30-11-5-10-26-21(29)18(27-17-7-4-3-6-15(17)25-22(26)27)13-20(28)24-16-12-14(23)8-9-19(16)31-2/h3-4,6-9,12,18H,5,10-11,13H2,1-2H3,(H,24,28)/t18-/m1/s1. The van der Waals surface area contributed by atoms with Crippen molar-refractivity contribution in [2.24, 2.45) is 0 Å². The fraction of sp³-hybridized carbons (Fsp3) is 0.318. The summed E-state index contributed by atoms with van der Waals surface area (Å²) in [4.78, 5) is 32.4. The first-order chi connectivity index (χ1) is 15.0. The van der Waals surface area contributed by atoms with E-state index in [-0.39, 0.29) is 18.2 Å². The van der Waals surface area contributed by atoms with Gasteiger partial charge in [-0.1, -0.05) is 23.7 Å². The summed E-state index contributed by atoms with van der Waals surface area (Å²) in [5.41, 5.74) is 2.06. The van der Waals surface area contributed by atoms with Crippen LogP contribution < -0.4 is 15.0 Å². The number of benzene rings is 2. The second-order valence-corrected chi connectivity index (χ2v) is 7.66. The fourth-order valence-corrected chi connectivity index (χ4v) is 4.00. The van der Waals surface area contributed by atoms with Crippen molar-refractivity contribution in [1.82, 2.24) is 9.55 Å². The van der Waals surface area contributed by atoms with Crippen molar-refractivity contribution >= 4 is 46.1 Å². The number of hydrogen-bond donors (Lipinski definition) is 1. The minimum Gasteiger partial charge on any atom is -0.495 e. The number of carbonyl (C=O) groups is 2. The molecule has 0 fully saturated rings. The van der Waals surface area contributed by atoms with Gasteiger partial charge in [0.1, 0.15) is 11.8 Å². The molecule has 1 atom stereocenters. The number of aromatic nitrogens is 2. The highest BCUT2D eigenvalue weighted by Crippen LogP contribution is 2.37. The summed E-state index contributed by atoms with van der Waals surface area (Å²) in [6, 6.07) is 11.9. The molecular weight excluding hydrogens is 420 g/mol. The van der Waals surface area contributed by atoms with E-state index in [9.17, 15) is 9.59 Å². The molecule has 0 aliphatic carbocycles. The molecule has 2 amide bonds. The molecule has 3 aromatic rings. The highest BCUT2D eigenvalue weighted by Gasteiger charge is 2.40. The van der Waals surface area contributed by atoms with Gasteiger partial charge in [0.2, 0.25) is 11.9 Å². The Morgan fingerprint density at radius 3 is 2.81 bits per heavy atom. The topological polar surface area (TPSA) is 85.7 Å². The van der Waals surface area contributed by atoms with E-state index in [0.717, 1.165) is 11.0 Å². The first-order valence-corrected chi connectivity index (χ1v) is 10.3. The summed E-state index contributed by atoms with van der Waals surface area (Å²) in [6.07, 6.45) is 0.632. The van der Waals surface area contributed by atoms with Crippen LogP contribution in [-0.2, 0) is 14.3 Å². The highest BCUT2D eigenvalue weighted by molar-refractivity contribution is 6.31. The van der Waals surface area contributed by atoms with Gasteiger partial charge in [-0.25, -0.2) is 4.98 Å². The van der Waals surface area contributed by atoms with E-state index in [1.165, 1.54) is 7.11 Å². The number of anilines is 2. The lowest BCUT2D eigenvalue weighted by Gasteiger charge is -2.16. The van der Waals surface area contributed by atoms with Gasteiger partial charge in [0.25, 0.3) is 5.91 Å². The Bertz CT molecular complexity index is 1130. The van der Waals surface area contributed by atoms with Gasteiger partial charge in [-0.15, -0.1) is 0 Å². The van der Waals surface area contributed by atoms with E-state index in [0.29, 0.717) is 42.0 Å². The minimum absolute atomic E-state index is 0.0391. The van der Waals surface area contributed by atoms with Gasteiger partial charge in [0.05, 0.1) is 30.3 Å². The van der Waals surface area contributed by atoms with Gasteiger partial charge in [0, 0.05) is 25.3 Å². The van der Waals surface area contributed by atoms with Crippen LogP contribution >= 0.6 is 11.6 Å². The number of ether oxygens (including phenoxy) is 2. The van der Waals surface area contributed by atoms with Gasteiger partial charge >= 0.3 is 0 Å². The molecule has 0 radical (unpaired) electrons. The highest BCUT2D eigenvalue weighted by atomic mass is 35.5. The van der Waals surface area contributed by atoms with E-state index in [1.807, 2.05) is 28.8 Å². The van der Waals surface area contributed by atoms with E-state index in [1.54, 1.807) is 30.2 Å². The van der Waals surface area contributed by atoms with Crippen molar-refractivity contribution in [2.75, 3.05) is 37.6 Å². The summed E-state index contributed by atoms with van der Waals surface area (Å²) < 4.78 is 12.3. The van der Waals surface area contributed by atoms with E-state index >= 15 is 0 Å². The number of nitrogens with zero attached hydrogens (tertiary/aromatic N) is 3. The molecule has 1 aliphatic rings. The Labute approximate surface area is 184 Å². The van der Waals surface area contributed by atoms with Crippen LogP contribution in [-0.4, -0.2) is 48.7 Å². The number of methoxy groups -OCH3 is 2. The van der Waals surface area contributed by atoms with Crippen LogP contribution in [0.5, 0.6) is 5.75 Å². The summed E-state index contributed by atoms with van der Waals surface area (Å²) in [5, 5.41) is 3.29. The molecule has 0 saturated carbocycles. The minimum atomic E-state index is -0.685. The quantitative estimate of drug-likeness (QED) is 0.538. The number of amides is 2. The molecule has 0 bridgehead atoms. The Morgan fingerprint density at radius 1 is 1.23 bits per heavy atom. The molecular formula is C22H23ClN4O4. The van der Waals surface area contributed by atoms with Crippen molar-refractivity contribution in [3.8, 4) is 5.75 Å². The van der Waals surface area contributed by atoms with Crippen molar-refractivity contribution in [3.63, 3.8) is 0 Å². The van der Waals surface area contributed by atoms with Crippen molar-refractivity contribution in [2.45, 2.75) is 18.9 Å². The molecule has 31 heavy (non-hydrogen) atoms. The van der Waals surface area contributed by atoms with Crippen LogP contribution in [0.4, 0.5) is 11.6 Å². The van der Waals surface area contributed by atoms with Crippen LogP contribution in [0.3, 0.4) is 0 Å². The van der Waals surface area contributed by atoms with Crippen LogP contribution in [0.15, 0.2) is 42.5 Å². The monoisotopic (exact) mass is 442 g/mol. The molecule has 4 rings (SSSR count). The summed E-state index contributed by atoms with van der Waals surface area (Å²) in [5.74, 6) is 0.574. The predicted octanol–water partition coefficient (Wildman–Crippen LogP) is 3.65. The zero-order chi connectivity index (χ0) is 22.0. The van der Waals surface area contributed by atoms with Gasteiger partial charge in [-0.2, -0.15) is 0 Å². The van der Waals surface area contributed by atoms with E-state index < -0.39 is 6.04 Å². The Morgan fingerprint density at radius 2 is 2.03 bits per heavy atom. The molecule has 1 aliphatic heterocycles. The van der Waals surface area contributed by atoms with E-state index in [2.05, 4.69) is 10.3 Å². The van der Waals surface area contributed by atoms with Crippen LogP contribution in [0.25, 0.3) is 11.0 Å². The van der Waals surface area contributed by atoms with Crippen molar-refractivity contribution in [1.29, 1.82) is 0 Å². The maximum Gasteiger partial charge on any atom is 0.253 e. The average Bonchev–Trinajstić information content (AvgIpc) is 3.24. The SMILES string of the molecule is COCCCN1C(=O)[C@@H](CC(=O)Nc2cc(Cl)ccc2OC)n2c1nc1ccccc12. The zero-order valence-corrected chi connectivity index (χ0v) is 18.1. The third kappa shape index (κ3) is 4.08. The van der Waals surface area contributed by atoms with Gasteiger partial charge in [-0.05, 0) is 36.8 Å². The normalized spacial score (nSPS) is 15.4. The number of carbonyl (C=O) groups excluding carboxylic acids is 2. The number of nitrogens with one attached hydrogen (secondary N) is 1. The first-order valence-electron chi connectivity index (χ1n) is 9.94. The number of para-hydroxylation sites is 2. The Hall–Kier alpha value is -3.10. The molecule has 2 aromatic carbocycles. The number of halogens is 1. The lowest BCUT2D eigenvalue weighted by molar-refractivity contribution is -0.124. The Kier molecular flexibility index (Phi) is 6.11. The maximum atomic E-state index is 13.2. The second-order valence-electron chi connectivity index (χ2n) is 7.22. The van der Waals surface area contributed by atoms with Crippen LogP contribution in [0, 0.1) is 0 Å². The van der Waals surface area contributed by atoms with Gasteiger partial charge in [-0.3, -0.25) is 19.1 Å². The molecule has 0 unspecified atom stereocenters. The number of hydrogen-bond acceptors (Lipinski definition) is 5. The smallest absolute Gasteiger partial charge is 0.253 e. The Balaban J connectivity index is 1.62. The zero-order valence-electron chi connectivity index (χ0n) is 17.3. The number of rotatable bonds is 8. The third-order valence-corrected chi connectivity index (χ3v) is 5.46. The first kappa shape index (κ1) is 21.1. The average molecular weight is 443 g/mol. The van der Waals surface area contributed by atoms with Gasteiger partial charge in [0.15, 0.2) is 0 Å². The largest absolute Gasteiger partial charge is 0.495 e.